The van der Waals surface area contributed by atoms with E-state index in [4.69, 9.17) is 15.6 Å². The van der Waals surface area contributed by atoms with Gasteiger partial charge in [0.15, 0.2) is 0 Å². The quantitative estimate of drug-likeness (QED) is 0.710. The molecule has 0 unspecified atom stereocenters. The van der Waals surface area contributed by atoms with Crippen LogP contribution in [0.3, 0.4) is 0 Å². The van der Waals surface area contributed by atoms with Crippen molar-refractivity contribution in [2.45, 2.75) is 44.6 Å². The van der Waals surface area contributed by atoms with E-state index in [1.54, 1.807) is 18.4 Å². The molecule has 28 heavy (non-hydrogen) atoms. The monoisotopic (exact) mass is 398 g/mol. The highest BCUT2D eigenvalue weighted by Gasteiger charge is 2.48. The number of hydrogen-bond donors (Lipinski definition) is 1. The Bertz CT molecular complexity index is 1020. The summed E-state index contributed by atoms with van der Waals surface area (Å²) in [7, 11) is 1.66. The van der Waals surface area contributed by atoms with Crippen LogP contribution < -0.4 is 15.4 Å². The zero-order chi connectivity index (χ0) is 19.5. The van der Waals surface area contributed by atoms with Crippen molar-refractivity contribution in [3.63, 3.8) is 0 Å². The molecule has 3 aromatic rings. The van der Waals surface area contributed by atoms with E-state index in [1.807, 2.05) is 10.7 Å². The van der Waals surface area contributed by atoms with Crippen molar-refractivity contribution in [1.29, 1.82) is 0 Å². The maximum absolute atomic E-state index is 6.43. The maximum Gasteiger partial charge on any atom is 0.222 e. The molecule has 1 atom stereocenters. The van der Waals surface area contributed by atoms with E-state index in [0.29, 0.717) is 17.7 Å². The molecule has 0 bridgehead atoms. The van der Waals surface area contributed by atoms with E-state index < -0.39 is 0 Å². The number of aromatic nitrogens is 4. The molecule has 3 aromatic heterocycles. The molecule has 148 valence electrons. The Morgan fingerprint density at radius 3 is 2.86 bits per heavy atom. The van der Waals surface area contributed by atoms with Gasteiger partial charge in [-0.15, -0.1) is 5.10 Å². The molecule has 2 N–H and O–H groups in total. The molecule has 0 amide bonds. The number of anilines is 1. The predicted molar refractivity (Wildman–Crippen MR) is 111 cm³/mol. The fraction of sp³-hybridized carbons (Fsp3) is 0.550. The number of methoxy groups -OCH3 is 1. The largest absolute Gasteiger partial charge is 0.480 e. The summed E-state index contributed by atoms with van der Waals surface area (Å²) in [5.74, 6) is 1.54. The van der Waals surface area contributed by atoms with Crippen molar-refractivity contribution in [3.05, 3.63) is 24.0 Å². The number of ether oxygens (including phenoxy) is 1. The Hall–Kier alpha value is -2.19. The van der Waals surface area contributed by atoms with Crippen LogP contribution in [0.2, 0.25) is 0 Å². The van der Waals surface area contributed by atoms with Gasteiger partial charge in [-0.1, -0.05) is 25.2 Å². The average Bonchev–Trinajstić information content (AvgIpc) is 3.10. The minimum absolute atomic E-state index is 0.0779. The van der Waals surface area contributed by atoms with E-state index in [9.17, 15) is 0 Å². The molecular weight excluding hydrogens is 372 g/mol. The zero-order valence-corrected chi connectivity index (χ0v) is 17.4. The number of nitrogens with zero attached hydrogens (tertiary/aromatic N) is 5. The molecule has 2 fully saturated rings. The number of pyridine rings is 1. The van der Waals surface area contributed by atoms with E-state index in [-0.39, 0.29) is 5.54 Å². The van der Waals surface area contributed by atoms with Gasteiger partial charge in [0.1, 0.15) is 0 Å². The van der Waals surface area contributed by atoms with E-state index in [0.717, 1.165) is 59.4 Å². The molecule has 0 aromatic carbocycles. The van der Waals surface area contributed by atoms with E-state index in [2.05, 4.69) is 40.8 Å². The first-order valence-electron chi connectivity index (χ1n) is 9.92. The number of hydrogen-bond acceptors (Lipinski definition) is 7. The van der Waals surface area contributed by atoms with Gasteiger partial charge in [0.05, 0.1) is 24.6 Å². The molecule has 7 nitrogen and oxygen atoms in total. The molecule has 5 rings (SSSR count). The highest BCUT2D eigenvalue weighted by molar-refractivity contribution is 7.20. The van der Waals surface area contributed by atoms with Crippen LogP contribution >= 0.6 is 11.3 Å². The van der Waals surface area contributed by atoms with Crippen molar-refractivity contribution in [2.24, 2.45) is 11.7 Å². The second kappa shape index (κ2) is 6.42. The van der Waals surface area contributed by atoms with Gasteiger partial charge in [0.2, 0.25) is 16.0 Å². The highest BCUT2D eigenvalue weighted by atomic mass is 32.1. The Labute approximate surface area is 168 Å². The standard InChI is InChI=1S/C20H26N6OS/c1-12(2)15-5-4-14(17(23-15)27-3)16-10-22-18-26(16)24-19(28-18)25-9-6-13(11-25)20(21)7-8-20/h4-5,10,12-13H,6-9,11,21H2,1-3H3/t13-/m1/s1. The van der Waals surface area contributed by atoms with Crippen LogP contribution in [0.15, 0.2) is 18.3 Å². The van der Waals surface area contributed by atoms with Gasteiger partial charge in [0.25, 0.3) is 0 Å². The normalized spacial score (nSPS) is 21.0. The van der Waals surface area contributed by atoms with Gasteiger partial charge in [-0.3, -0.25) is 0 Å². The number of nitrogens with two attached hydrogens (primary N) is 1. The van der Waals surface area contributed by atoms with E-state index in [1.165, 1.54) is 0 Å². The third-order valence-corrected chi connectivity index (χ3v) is 7.10. The van der Waals surface area contributed by atoms with Gasteiger partial charge in [-0.05, 0) is 43.2 Å². The molecule has 0 radical (unpaired) electrons. The summed E-state index contributed by atoms with van der Waals surface area (Å²) in [5, 5.41) is 5.89. The smallest absolute Gasteiger partial charge is 0.222 e. The van der Waals surface area contributed by atoms with Crippen molar-refractivity contribution < 1.29 is 4.74 Å². The second-order valence-electron chi connectivity index (χ2n) is 8.33. The van der Waals surface area contributed by atoms with Crippen molar-refractivity contribution in [2.75, 3.05) is 25.1 Å². The summed E-state index contributed by atoms with van der Waals surface area (Å²) in [6, 6.07) is 4.11. The van der Waals surface area contributed by atoms with Gasteiger partial charge in [-0.2, -0.15) is 0 Å². The first-order chi connectivity index (χ1) is 13.5. The summed E-state index contributed by atoms with van der Waals surface area (Å²) < 4.78 is 7.49. The lowest BCUT2D eigenvalue weighted by molar-refractivity contribution is 0.397. The van der Waals surface area contributed by atoms with Crippen LogP contribution in [0.5, 0.6) is 5.88 Å². The fourth-order valence-corrected chi connectivity index (χ4v) is 4.99. The molecular formula is C20H26N6OS. The molecule has 1 saturated heterocycles. The Morgan fingerprint density at radius 1 is 1.32 bits per heavy atom. The maximum atomic E-state index is 6.43. The Balaban J connectivity index is 1.47. The summed E-state index contributed by atoms with van der Waals surface area (Å²) >= 11 is 1.63. The molecule has 8 heteroatoms. The summed E-state index contributed by atoms with van der Waals surface area (Å²) in [6.45, 7) is 6.27. The zero-order valence-electron chi connectivity index (χ0n) is 16.6. The van der Waals surface area contributed by atoms with Crippen molar-refractivity contribution in [1.82, 2.24) is 19.6 Å². The van der Waals surface area contributed by atoms with E-state index >= 15 is 0 Å². The SMILES string of the molecule is COc1nc(C(C)C)ccc1-c1cnc2sc(N3CC[C@@H](C4(N)CC4)C3)nn12. The van der Waals surface area contributed by atoms with Gasteiger partial charge >= 0.3 is 0 Å². The van der Waals surface area contributed by atoms with Crippen molar-refractivity contribution >= 4 is 21.4 Å². The number of rotatable bonds is 5. The fourth-order valence-electron chi connectivity index (χ4n) is 4.08. The van der Waals surface area contributed by atoms with Crippen LogP contribution in [-0.2, 0) is 0 Å². The third-order valence-electron chi connectivity index (χ3n) is 6.12. The first-order valence-corrected chi connectivity index (χ1v) is 10.7. The average molecular weight is 399 g/mol. The number of fused-ring (bicyclic) bond motifs is 1. The van der Waals surface area contributed by atoms with Crippen LogP contribution in [0, 0.1) is 5.92 Å². The molecule has 1 aliphatic carbocycles. The third kappa shape index (κ3) is 2.86. The van der Waals surface area contributed by atoms with Crippen LogP contribution in [0.25, 0.3) is 16.2 Å². The van der Waals surface area contributed by atoms with Crippen LogP contribution in [0.1, 0.15) is 44.7 Å². The predicted octanol–water partition coefficient (Wildman–Crippen LogP) is 3.30. The van der Waals surface area contributed by atoms with Crippen LogP contribution in [-0.4, -0.2) is 45.3 Å². The van der Waals surface area contributed by atoms with Gasteiger partial charge in [0, 0.05) is 24.3 Å². The highest BCUT2D eigenvalue weighted by Crippen LogP contribution is 2.45. The minimum atomic E-state index is 0.0779. The lowest BCUT2D eigenvalue weighted by Gasteiger charge is -2.18. The molecule has 4 heterocycles. The molecule has 1 aliphatic heterocycles. The minimum Gasteiger partial charge on any atom is -0.480 e. The van der Waals surface area contributed by atoms with Crippen molar-refractivity contribution in [3.8, 4) is 17.1 Å². The summed E-state index contributed by atoms with van der Waals surface area (Å²) in [4.78, 5) is 12.5. The van der Waals surface area contributed by atoms with Gasteiger partial charge in [-0.25, -0.2) is 14.5 Å². The molecule has 0 spiro atoms. The summed E-state index contributed by atoms with van der Waals surface area (Å²) in [6.07, 6.45) is 5.33. The number of imidazole rings is 1. The molecule has 2 aliphatic rings. The van der Waals surface area contributed by atoms with Crippen LogP contribution in [0.4, 0.5) is 5.13 Å². The molecule has 1 saturated carbocycles. The second-order valence-corrected chi connectivity index (χ2v) is 9.27. The summed E-state index contributed by atoms with van der Waals surface area (Å²) in [5.41, 5.74) is 9.34. The lowest BCUT2D eigenvalue weighted by atomic mass is 9.98. The lowest BCUT2D eigenvalue weighted by Crippen LogP contribution is -2.34. The Morgan fingerprint density at radius 2 is 2.14 bits per heavy atom. The first kappa shape index (κ1) is 17.9. The van der Waals surface area contributed by atoms with Gasteiger partial charge < -0.3 is 15.4 Å². The Kier molecular flexibility index (Phi) is 4.10. The topological polar surface area (TPSA) is 81.6 Å².